The fourth-order valence-electron chi connectivity index (χ4n) is 2.83. The molecule has 2 N–H and O–H groups in total. The second-order valence-corrected chi connectivity index (χ2v) is 6.00. The average Bonchev–Trinajstić information content (AvgIpc) is 3.09. The van der Waals surface area contributed by atoms with Gasteiger partial charge in [0.1, 0.15) is 0 Å². The van der Waals surface area contributed by atoms with Crippen LogP contribution in [0.2, 0.25) is 0 Å². The molecule has 1 aliphatic rings. The molecule has 1 atom stereocenters. The quantitative estimate of drug-likeness (QED) is 0.800. The molecule has 1 unspecified atom stereocenters. The van der Waals surface area contributed by atoms with Crippen molar-refractivity contribution in [1.29, 1.82) is 0 Å². The first-order valence-corrected chi connectivity index (χ1v) is 8.29. The minimum Gasteiger partial charge on any atom is -0.441 e. The molecule has 1 aliphatic heterocycles. The number of piperidine rings is 1. The minimum absolute atomic E-state index is 0. The highest BCUT2D eigenvalue weighted by Crippen LogP contribution is 2.20. The normalized spacial score (nSPS) is 16.4. The van der Waals surface area contributed by atoms with Crippen LogP contribution in [0.15, 0.2) is 40.9 Å². The largest absolute Gasteiger partial charge is 0.441 e. The van der Waals surface area contributed by atoms with Gasteiger partial charge in [-0.25, -0.2) is 4.98 Å². The van der Waals surface area contributed by atoms with Gasteiger partial charge in [0.2, 0.25) is 5.91 Å². The maximum absolute atomic E-state index is 11.9. The Morgan fingerprint density at radius 3 is 2.80 bits per heavy atom. The van der Waals surface area contributed by atoms with Gasteiger partial charge in [0.15, 0.2) is 11.7 Å². The fraction of sp³-hybridized carbons (Fsp3) is 0.444. The fourth-order valence-corrected chi connectivity index (χ4v) is 2.83. The number of oxazole rings is 1. The number of halogens is 2. The first-order chi connectivity index (χ1) is 11.3. The standard InChI is InChI=1S/C18H23N3O2.2ClH/c22-17(20-12-14-5-4-10-19-11-14)8-9-18-21-13-16(23-18)15-6-2-1-3-7-15;;/h1-3,6-7,13-14,19H,4-5,8-12H2,(H,20,22);2*1H. The molecule has 2 heterocycles. The number of aryl methyl sites for hydroxylation is 1. The highest BCUT2D eigenvalue weighted by molar-refractivity contribution is 5.85. The summed E-state index contributed by atoms with van der Waals surface area (Å²) in [6.07, 6.45) is 5.04. The van der Waals surface area contributed by atoms with Crippen molar-refractivity contribution in [2.24, 2.45) is 5.92 Å². The maximum Gasteiger partial charge on any atom is 0.220 e. The van der Waals surface area contributed by atoms with Gasteiger partial charge in [-0.2, -0.15) is 0 Å². The van der Waals surface area contributed by atoms with Gasteiger partial charge in [-0.1, -0.05) is 30.3 Å². The molecule has 3 rings (SSSR count). The molecule has 1 saturated heterocycles. The number of carbonyl (C=O) groups excluding carboxylic acids is 1. The van der Waals surface area contributed by atoms with Gasteiger partial charge >= 0.3 is 0 Å². The highest BCUT2D eigenvalue weighted by atomic mass is 35.5. The molecule has 1 amide bonds. The van der Waals surface area contributed by atoms with E-state index in [2.05, 4.69) is 15.6 Å². The summed E-state index contributed by atoms with van der Waals surface area (Å²) < 4.78 is 5.71. The number of hydrogen-bond donors (Lipinski definition) is 2. The molecule has 0 radical (unpaired) electrons. The van der Waals surface area contributed by atoms with Crippen LogP contribution < -0.4 is 10.6 Å². The van der Waals surface area contributed by atoms with Crippen molar-refractivity contribution in [2.75, 3.05) is 19.6 Å². The van der Waals surface area contributed by atoms with Crippen molar-refractivity contribution < 1.29 is 9.21 Å². The van der Waals surface area contributed by atoms with Gasteiger partial charge in [-0.3, -0.25) is 4.79 Å². The lowest BCUT2D eigenvalue weighted by Gasteiger charge is -2.22. The molecule has 1 aromatic heterocycles. The zero-order valence-electron chi connectivity index (χ0n) is 14.1. The lowest BCUT2D eigenvalue weighted by molar-refractivity contribution is -0.121. The smallest absolute Gasteiger partial charge is 0.220 e. The van der Waals surface area contributed by atoms with Gasteiger partial charge in [0, 0.05) is 24.9 Å². The number of hydrogen-bond acceptors (Lipinski definition) is 4. The topological polar surface area (TPSA) is 67.2 Å². The van der Waals surface area contributed by atoms with E-state index in [1.54, 1.807) is 6.20 Å². The monoisotopic (exact) mass is 385 g/mol. The molecule has 138 valence electrons. The van der Waals surface area contributed by atoms with E-state index in [1.807, 2.05) is 30.3 Å². The van der Waals surface area contributed by atoms with Crippen LogP contribution >= 0.6 is 24.8 Å². The van der Waals surface area contributed by atoms with Crippen LogP contribution in [0.5, 0.6) is 0 Å². The Morgan fingerprint density at radius 2 is 2.08 bits per heavy atom. The zero-order valence-corrected chi connectivity index (χ0v) is 15.7. The van der Waals surface area contributed by atoms with Gasteiger partial charge in [-0.05, 0) is 31.8 Å². The number of aromatic nitrogens is 1. The van der Waals surface area contributed by atoms with E-state index in [-0.39, 0.29) is 30.7 Å². The van der Waals surface area contributed by atoms with Gasteiger partial charge in [0.25, 0.3) is 0 Å². The van der Waals surface area contributed by atoms with Crippen molar-refractivity contribution >= 4 is 30.7 Å². The number of carbonyl (C=O) groups is 1. The zero-order chi connectivity index (χ0) is 15.9. The Kier molecular flexibility index (Phi) is 9.57. The summed E-state index contributed by atoms with van der Waals surface area (Å²) in [5, 5.41) is 6.37. The third-order valence-corrected chi connectivity index (χ3v) is 4.16. The Bertz CT molecular complexity index is 628. The number of nitrogens with one attached hydrogen (secondary N) is 2. The van der Waals surface area contributed by atoms with Crippen LogP contribution in [0.1, 0.15) is 25.2 Å². The van der Waals surface area contributed by atoms with Crippen molar-refractivity contribution in [3.8, 4) is 11.3 Å². The molecule has 2 aromatic rings. The van der Waals surface area contributed by atoms with Crippen LogP contribution in [-0.4, -0.2) is 30.5 Å². The summed E-state index contributed by atoms with van der Waals surface area (Å²) >= 11 is 0. The van der Waals surface area contributed by atoms with Crippen LogP contribution in [0.4, 0.5) is 0 Å². The van der Waals surface area contributed by atoms with Crippen molar-refractivity contribution in [3.05, 3.63) is 42.4 Å². The van der Waals surface area contributed by atoms with E-state index in [4.69, 9.17) is 4.42 Å². The lowest BCUT2D eigenvalue weighted by atomic mass is 10.00. The molecule has 1 fully saturated rings. The summed E-state index contributed by atoms with van der Waals surface area (Å²) in [4.78, 5) is 16.2. The van der Waals surface area contributed by atoms with E-state index in [1.165, 1.54) is 12.8 Å². The summed E-state index contributed by atoms with van der Waals surface area (Å²) in [5.41, 5.74) is 1.00. The van der Waals surface area contributed by atoms with Crippen LogP contribution in [0.3, 0.4) is 0 Å². The highest BCUT2D eigenvalue weighted by Gasteiger charge is 2.14. The van der Waals surface area contributed by atoms with Crippen LogP contribution in [0.25, 0.3) is 11.3 Å². The molecule has 0 aliphatic carbocycles. The molecule has 0 bridgehead atoms. The second-order valence-electron chi connectivity index (χ2n) is 6.00. The van der Waals surface area contributed by atoms with E-state index in [0.29, 0.717) is 24.7 Å². The third kappa shape index (κ3) is 6.69. The maximum atomic E-state index is 11.9. The molecule has 0 saturated carbocycles. The minimum atomic E-state index is 0. The molecule has 0 spiro atoms. The van der Waals surface area contributed by atoms with Crippen LogP contribution in [0, 0.1) is 5.92 Å². The van der Waals surface area contributed by atoms with E-state index < -0.39 is 0 Å². The third-order valence-electron chi connectivity index (χ3n) is 4.16. The van der Waals surface area contributed by atoms with Crippen molar-refractivity contribution in [3.63, 3.8) is 0 Å². The Balaban J connectivity index is 0.00000156. The number of rotatable bonds is 6. The first kappa shape index (κ1) is 21.5. The molecule has 25 heavy (non-hydrogen) atoms. The van der Waals surface area contributed by atoms with Gasteiger partial charge in [0.05, 0.1) is 6.20 Å². The first-order valence-electron chi connectivity index (χ1n) is 8.29. The number of nitrogens with zero attached hydrogens (tertiary/aromatic N) is 1. The summed E-state index contributed by atoms with van der Waals surface area (Å²) in [7, 11) is 0. The molecular formula is C18H25Cl2N3O2. The molecule has 5 nitrogen and oxygen atoms in total. The Morgan fingerprint density at radius 1 is 1.28 bits per heavy atom. The summed E-state index contributed by atoms with van der Waals surface area (Å²) in [6.45, 7) is 2.85. The van der Waals surface area contributed by atoms with E-state index in [9.17, 15) is 4.79 Å². The molecule has 1 aromatic carbocycles. The lowest BCUT2D eigenvalue weighted by Crippen LogP contribution is -2.38. The Hall–Kier alpha value is -1.56. The number of benzene rings is 1. The predicted molar refractivity (Wildman–Crippen MR) is 103 cm³/mol. The molecular weight excluding hydrogens is 361 g/mol. The summed E-state index contributed by atoms with van der Waals surface area (Å²) in [6, 6.07) is 9.85. The predicted octanol–water partition coefficient (Wildman–Crippen LogP) is 3.23. The second kappa shape index (κ2) is 11.1. The van der Waals surface area contributed by atoms with E-state index in [0.717, 1.165) is 31.0 Å². The molecule has 7 heteroatoms. The SMILES string of the molecule is Cl.Cl.O=C(CCc1ncc(-c2ccccc2)o1)NCC1CCCNC1. The average molecular weight is 386 g/mol. The van der Waals surface area contributed by atoms with Crippen LogP contribution in [-0.2, 0) is 11.2 Å². The number of amides is 1. The van der Waals surface area contributed by atoms with Gasteiger partial charge in [-0.15, -0.1) is 24.8 Å². The van der Waals surface area contributed by atoms with Crippen molar-refractivity contribution in [2.45, 2.75) is 25.7 Å². The van der Waals surface area contributed by atoms with E-state index >= 15 is 0 Å². The van der Waals surface area contributed by atoms with Gasteiger partial charge < -0.3 is 15.1 Å². The van der Waals surface area contributed by atoms with Crippen molar-refractivity contribution in [1.82, 2.24) is 15.6 Å². The summed E-state index contributed by atoms with van der Waals surface area (Å²) in [5.74, 6) is 1.97. The Labute approximate surface area is 160 Å².